The number of aliphatic hydroxyl groups excluding tert-OH is 1. The lowest BCUT2D eigenvalue weighted by molar-refractivity contribution is 0.173. The van der Waals surface area contributed by atoms with E-state index < -0.39 is 6.10 Å². The quantitative estimate of drug-likeness (QED) is 0.913. The molecule has 0 aliphatic carbocycles. The van der Waals surface area contributed by atoms with Crippen LogP contribution in [0.4, 0.5) is 0 Å². The molecule has 2 aromatic carbocycles. The van der Waals surface area contributed by atoms with Crippen molar-refractivity contribution in [2.45, 2.75) is 13.0 Å². The zero-order chi connectivity index (χ0) is 13.4. The minimum Gasteiger partial charge on any atom is -0.454 e. The van der Waals surface area contributed by atoms with Gasteiger partial charge in [0.2, 0.25) is 6.79 Å². The van der Waals surface area contributed by atoms with Crippen LogP contribution in [0.15, 0.2) is 36.4 Å². The zero-order valence-corrected chi connectivity index (χ0v) is 11.1. The highest BCUT2D eigenvalue weighted by molar-refractivity contribution is 6.32. The van der Waals surface area contributed by atoms with Crippen LogP contribution in [0, 0.1) is 6.92 Å². The van der Waals surface area contributed by atoms with E-state index in [1.807, 2.05) is 31.2 Å². The number of rotatable bonds is 2. The molecule has 1 aliphatic heterocycles. The Hall–Kier alpha value is -1.71. The van der Waals surface area contributed by atoms with E-state index in [9.17, 15) is 5.11 Å². The summed E-state index contributed by atoms with van der Waals surface area (Å²) >= 11 is 6.12. The van der Waals surface area contributed by atoms with E-state index in [-0.39, 0.29) is 6.79 Å². The van der Waals surface area contributed by atoms with Crippen LogP contribution in [0.5, 0.6) is 11.5 Å². The standard InChI is InChI=1S/C15H13ClO3/c1-9-3-2-4-10(5-9)14(17)11-6-12(16)15-13(7-11)18-8-19-15/h2-7,14,17H,8H2,1H3. The summed E-state index contributed by atoms with van der Waals surface area (Å²) in [6.07, 6.45) is -0.730. The van der Waals surface area contributed by atoms with Gasteiger partial charge in [0.15, 0.2) is 11.5 Å². The maximum atomic E-state index is 10.4. The van der Waals surface area contributed by atoms with Gasteiger partial charge in [-0.15, -0.1) is 0 Å². The average Bonchev–Trinajstić information content (AvgIpc) is 2.86. The summed E-state index contributed by atoms with van der Waals surface area (Å²) in [6, 6.07) is 11.2. The number of benzene rings is 2. The zero-order valence-electron chi connectivity index (χ0n) is 10.4. The Bertz CT molecular complexity index is 625. The van der Waals surface area contributed by atoms with Gasteiger partial charge in [0.25, 0.3) is 0 Å². The molecular formula is C15H13ClO3. The van der Waals surface area contributed by atoms with Crippen LogP contribution < -0.4 is 9.47 Å². The molecule has 3 rings (SSSR count). The van der Waals surface area contributed by atoms with Crippen LogP contribution >= 0.6 is 11.6 Å². The van der Waals surface area contributed by atoms with Crippen molar-refractivity contribution in [3.8, 4) is 11.5 Å². The highest BCUT2D eigenvalue weighted by Gasteiger charge is 2.21. The first-order chi connectivity index (χ1) is 9.15. The second-order valence-corrected chi connectivity index (χ2v) is 4.96. The molecule has 4 heteroatoms. The molecule has 1 atom stereocenters. The molecule has 0 radical (unpaired) electrons. The highest BCUT2D eigenvalue weighted by Crippen LogP contribution is 2.41. The lowest BCUT2D eigenvalue weighted by atomic mass is 10.00. The molecule has 1 heterocycles. The van der Waals surface area contributed by atoms with Crippen LogP contribution in [0.2, 0.25) is 5.02 Å². The molecule has 1 aliphatic rings. The normalized spacial score (nSPS) is 14.5. The highest BCUT2D eigenvalue weighted by atomic mass is 35.5. The van der Waals surface area contributed by atoms with Crippen LogP contribution in [0.1, 0.15) is 22.8 Å². The van der Waals surface area contributed by atoms with E-state index in [2.05, 4.69) is 0 Å². The fourth-order valence-electron chi connectivity index (χ4n) is 2.18. The minimum absolute atomic E-state index is 0.166. The lowest BCUT2D eigenvalue weighted by Gasteiger charge is -2.13. The molecule has 0 spiro atoms. The van der Waals surface area contributed by atoms with Crippen molar-refractivity contribution < 1.29 is 14.6 Å². The van der Waals surface area contributed by atoms with Gasteiger partial charge in [0.05, 0.1) is 5.02 Å². The van der Waals surface area contributed by atoms with Crippen LogP contribution in [0.25, 0.3) is 0 Å². The third kappa shape index (κ3) is 2.27. The molecule has 0 amide bonds. The number of aryl methyl sites for hydroxylation is 1. The average molecular weight is 277 g/mol. The van der Waals surface area contributed by atoms with Gasteiger partial charge in [-0.25, -0.2) is 0 Å². The number of halogens is 1. The molecule has 0 bridgehead atoms. The molecule has 98 valence electrons. The molecule has 2 aromatic rings. The Kier molecular flexibility index (Phi) is 3.09. The molecule has 3 nitrogen and oxygen atoms in total. The SMILES string of the molecule is Cc1cccc(C(O)c2cc(Cl)c3c(c2)OCO3)c1. The van der Waals surface area contributed by atoms with E-state index in [0.29, 0.717) is 22.1 Å². The van der Waals surface area contributed by atoms with Gasteiger partial charge >= 0.3 is 0 Å². The van der Waals surface area contributed by atoms with Crippen molar-refractivity contribution in [1.82, 2.24) is 0 Å². The summed E-state index contributed by atoms with van der Waals surface area (Å²) in [5, 5.41) is 10.9. The van der Waals surface area contributed by atoms with E-state index in [4.69, 9.17) is 21.1 Å². The Morgan fingerprint density at radius 3 is 2.79 bits per heavy atom. The van der Waals surface area contributed by atoms with Crippen molar-refractivity contribution in [2.75, 3.05) is 6.79 Å². The molecule has 1 N–H and O–H groups in total. The summed E-state index contributed by atoms with van der Waals surface area (Å²) in [7, 11) is 0. The first-order valence-corrected chi connectivity index (χ1v) is 6.36. The van der Waals surface area contributed by atoms with Crippen molar-refractivity contribution in [2.24, 2.45) is 0 Å². The van der Waals surface area contributed by atoms with Crippen LogP contribution in [-0.4, -0.2) is 11.9 Å². The third-order valence-electron chi connectivity index (χ3n) is 3.12. The monoisotopic (exact) mass is 276 g/mol. The second kappa shape index (κ2) is 4.76. The Morgan fingerprint density at radius 1 is 1.16 bits per heavy atom. The smallest absolute Gasteiger partial charge is 0.231 e. The van der Waals surface area contributed by atoms with Gasteiger partial charge in [-0.05, 0) is 30.2 Å². The molecule has 0 aromatic heterocycles. The molecule has 0 fully saturated rings. The number of aliphatic hydroxyl groups is 1. The summed E-state index contributed by atoms with van der Waals surface area (Å²) in [6.45, 7) is 2.15. The van der Waals surface area contributed by atoms with Crippen molar-refractivity contribution in [3.05, 3.63) is 58.1 Å². The lowest BCUT2D eigenvalue weighted by Crippen LogP contribution is -2.00. The summed E-state index contributed by atoms with van der Waals surface area (Å²) in [5.41, 5.74) is 2.62. The predicted octanol–water partition coefficient (Wildman–Crippen LogP) is 3.46. The molecule has 19 heavy (non-hydrogen) atoms. The van der Waals surface area contributed by atoms with E-state index in [0.717, 1.165) is 11.1 Å². The summed E-state index contributed by atoms with van der Waals surface area (Å²) < 4.78 is 10.6. The molecule has 0 saturated heterocycles. The third-order valence-corrected chi connectivity index (χ3v) is 3.40. The van der Waals surface area contributed by atoms with E-state index in [1.165, 1.54) is 0 Å². The number of hydrogen-bond acceptors (Lipinski definition) is 3. The van der Waals surface area contributed by atoms with Gasteiger partial charge in [0, 0.05) is 0 Å². The first-order valence-electron chi connectivity index (χ1n) is 5.99. The number of ether oxygens (including phenoxy) is 2. The van der Waals surface area contributed by atoms with Gasteiger partial charge in [0.1, 0.15) is 6.10 Å². The van der Waals surface area contributed by atoms with E-state index >= 15 is 0 Å². The maximum absolute atomic E-state index is 10.4. The fourth-order valence-corrected chi connectivity index (χ4v) is 2.45. The maximum Gasteiger partial charge on any atom is 0.231 e. The largest absolute Gasteiger partial charge is 0.454 e. The van der Waals surface area contributed by atoms with Gasteiger partial charge in [-0.2, -0.15) is 0 Å². The first kappa shape index (κ1) is 12.3. The summed E-state index contributed by atoms with van der Waals surface area (Å²) in [4.78, 5) is 0. The molecular weight excluding hydrogens is 264 g/mol. The van der Waals surface area contributed by atoms with Crippen LogP contribution in [0.3, 0.4) is 0 Å². The fraction of sp³-hybridized carbons (Fsp3) is 0.200. The van der Waals surface area contributed by atoms with Gasteiger partial charge in [-0.1, -0.05) is 41.4 Å². The molecule has 1 unspecified atom stereocenters. The topological polar surface area (TPSA) is 38.7 Å². The van der Waals surface area contributed by atoms with Crippen molar-refractivity contribution in [3.63, 3.8) is 0 Å². The van der Waals surface area contributed by atoms with Gasteiger partial charge in [-0.3, -0.25) is 0 Å². The van der Waals surface area contributed by atoms with Gasteiger partial charge < -0.3 is 14.6 Å². The molecule has 0 saturated carbocycles. The second-order valence-electron chi connectivity index (χ2n) is 4.55. The minimum atomic E-state index is -0.730. The Labute approximate surface area is 116 Å². The van der Waals surface area contributed by atoms with Crippen molar-refractivity contribution >= 4 is 11.6 Å². The van der Waals surface area contributed by atoms with E-state index in [1.54, 1.807) is 12.1 Å². The van der Waals surface area contributed by atoms with Crippen LogP contribution in [-0.2, 0) is 0 Å². The number of fused-ring (bicyclic) bond motifs is 1. The Balaban J connectivity index is 2.00. The Morgan fingerprint density at radius 2 is 2.00 bits per heavy atom. The predicted molar refractivity (Wildman–Crippen MR) is 72.8 cm³/mol. The number of hydrogen-bond donors (Lipinski definition) is 1. The summed E-state index contributed by atoms with van der Waals surface area (Å²) in [5.74, 6) is 1.12. The van der Waals surface area contributed by atoms with Crippen molar-refractivity contribution in [1.29, 1.82) is 0 Å².